The second kappa shape index (κ2) is 4.96. The second-order valence-corrected chi connectivity index (χ2v) is 3.84. The molecule has 0 bridgehead atoms. The SMILES string of the molecule is CCC(=O)C(C)NC(=O)c1cc(C)oc1C. The van der Waals surface area contributed by atoms with Crippen molar-refractivity contribution in [3.63, 3.8) is 0 Å². The van der Waals surface area contributed by atoms with Gasteiger partial charge in [-0.05, 0) is 26.8 Å². The first kappa shape index (κ1) is 12.5. The van der Waals surface area contributed by atoms with E-state index in [4.69, 9.17) is 4.42 Å². The maximum Gasteiger partial charge on any atom is 0.255 e. The molecule has 0 aromatic carbocycles. The minimum Gasteiger partial charge on any atom is -0.466 e. The molecule has 4 nitrogen and oxygen atoms in total. The van der Waals surface area contributed by atoms with E-state index in [9.17, 15) is 9.59 Å². The van der Waals surface area contributed by atoms with Crippen molar-refractivity contribution in [2.24, 2.45) is 0 Å². The number of furan rings is 1. The summed E-state index contributed by atoms with van der Waals surface area (Å²) in [6.07, 6.45) is 0.421. The molecular weight excluding hydrogens is 206 g/mol. The lowest BCUT2D eigenvalue weighted by Crippen LogP contribution is -2.38. The highest BCUT2D eigenvalue weighted by atomic mass is 16.3. The summed E-state index contributed by atoms with van der Waals surface area (Å²) in [5, 5.41) is 2.65. The predicted molar refractivity (Wildman–Crippen MR) is 60.4 cm³/mol. The van der Waals surface area contributed by atoms with Gasteiger partial charge in [-0.3, -0.25) is 9.59 Å². The normalized spacial score (nSPS) is 12.2. The summed E-state index contributed by atoms with van der Waals surface area (Å²) < 4.78 is 5.26. The molecular formula is C12H17NO3. The zero-order valence-electron chi connectivity index (χ0n) is 10.1. The molecule has 1 heterocycles. The number of nitrogens with one attached hydrogen (secondary N) is 1. The zero-order chi connectivity index (χ0) is 12.3. The first-order valence-corrected chi connectivity index (χ1v) is 5.36. The molecule has 0 spiro atoms. The van der Waals surface area contributed by atoms with Gasteiger partial charge in [-0.15, -0.1) is 0 Å². The van der Waals surface area contributed by atoms with Crippen LogP contribution in [0.5, 0.6) is 0 Å². The van der Waals surface area contributed by atoms with Crippen molar-refractivity contribution in [3.05, 3.63) is 23.2 Å². The van der Waals surface area contributed by atoms with Crippen LogP contribution in [0.15, 0.2) is 10.5 Å². The number of aryl methyl sites for hydroxylation is 2. The standard InChI is InChI=1S/C12H17NO3/c1-5-11(14)8(3)13-12(15)10-6-7(2)16-9(10)4/h6,8H,5H2,1-4H3,(H,13,15). The lowest BCUT2D eigenvalue weighted by Gasteiger charge is -2.10. The lowest BCUT2D eigenvalue weighted by atomic mass is 10.1. The summed E-state index contributed by atoms with van der Waals surface area (Å²) >= 11 is 0. The Morgan fingerprint density at radius 1 is 1.44 bits per heavy atom. The fourth-order valence-corrected chi connectivity index (χ4v) is 1.52. The van der Waals surface area contributed by atoms with E-state index >= 15 is 0 Å². The van der Waals surface area contributed by atoms with Gasteiger partial charge in [-0.1, -0.05) is 6.92 Å². The van der Waals surface area contributed by atoms with Gasteiger partial charge < -0.3 is 9.73 Å². The summed E-state index contributed by atoms with van der Waals surface area (Å²) in [6.45, 7) is 6.98. The van der Waals surface area contributed by atoms with Crippen molar-refractivity contribution in [1.82, 2.24) is 5.32 Å². The first-order chi connectivity index (χ1) is 7.45. The molecule has 1 unspecified atom stereocenters. The number of rotatable bonds is 4. The molecule has 1 aromatic rings. The van der Waals surface area contributed by atoms with E-state index in [1.165, 1.54) is 0 Å². The largest absolute Gasteiger partial charge is 0.466 e. The van der Waals surface area contributed by atoms with E-state index < -0.39 is 6.04 Å². The van der Waals surface area contributed by atoms with E-state index in [-0.39, 0.29) is 11.7 Å². The highest BCUT2D eigenvalue weighted by Gasteiger charge is 2.18. The number of ketones is 1. The molecule has 16 heavy (non-hydrogen) atoms. The van der Waals surface area contributed by atoms with Gasteiger partial charge in [0.25, 0.3) is 5.91 Å². The fourth-order valence-electron chi connectivity index (χ4n) is 1.52. The quantitative estimate of drug-likeness (QED) is 0.849. The van der Waals surface area contributed by atoms with Gasteiger partial charge in [-0.25, -0.2) is 0 Å². The summed E-state index contributed by atoms with van der Waals surface area (Å²) in [5.74, 6) is 1.03. The van der Waals surface area contributed by atoms with Crippen LogP contribution in [0, 0.1) is 13.8 Å². The molecule has 0 saturated heterocycles. The summed E-state index contributed by atoms with van der Waals surface area (Å²) in [6, 6.07) is 1.22. The minimum atomic E-state index is -0.452. The van der Waals surface area contributed by atoms with Crippen molar-refractivity contribution >= 4 is 11.7 Å². The molecule has 1 rings (SSSR count). The Bertz CT molecular complexity index is 406. The van der Waals surface area contributed by atoms with Crippen LogP contribution in [-0.4, -0.2) is 17.7 Å². The molecule has 88 valence electrons. The van der Waals surface area contributed by atoms with Crippen LogP contribution in [0.4, 0.5) is 0 Å². The average molecular weight is 223 g/mol. The van der Waals surface area contributed by atoms with Crippen LogP contribution in [0.2, 0.25) is 0 Å². The monoisotopic (exact) mass is 223 g/mol. The Hall–Kier alpha value is -1.58. The van der Waals surface area contributed by atoms with E-state index in [1.807, 2.05) is 0 Å². The third-order valence-electron chi connectivity index (χ3n) is 2.46. The Kier molecular flexibility index (Phi) is 3.88. The molecule has 1 aromatic heterocycles. The van der Waals surface area contributed by atoms with Gasteiger partial charge in [0, 0.05) is 6.42 Å². The molecule has 0 aliphatic heterocycles. The zero-order valence-corrected chi connectivity index (χ0v) is 10.1. The van der Waals surface area contributed by atoms with Crippen molar-refractivity contribution in [3.8, 4) is 0 Å². The highest BCUT2D eigenvalue weighted by Crippen LogP contribution is 2.13. The molecule has 1 N–H and O–H groups in total. The van der Waals surface area contributed by atoms with Crippen LogP contribution < -0.4 is 5.32 Å². The Morgan fingerprint density at radius 3 is 2.50 bits per heavy atom. The third-order valence-corrected chi connectivity index (χ3v) is 2.46. The van der Waals surface area contributed by atoms with Crippen molar-refractivity contribution in [1.29, 1.82) is 0 Å². The van der Waals surface area contributed by atoms with Crippen molar-refractivity contribution < 1.29 is 14.0 Å². The summed E-state index contributed by atoms with van der Waals surface area (Å²) in [7, 11) is 0. The van der Waals surface area contributed by atoms with Gasteiger partial charge in [0.15, 0.2) is 5.78 Å². The highest BCUT2D eigenvalue weighted by molar-refractivity contribution is 5.98. The number of carbonyl (C=O) groups is 2. The fraction of sp³-hybridized carbons (Fsp3) is 0.500. The summed E-state index contributed by atoms with van der Waals surface area (Å²) in [5.41, 5.74) is 0.494. The Morgan fingerprint density at radius 2 is 2.06 bits per heavy atom. The topological polar surface area (TPSA) is 59.3 Å². The van der Waals surface area contributed by atoms with E-state index in [0.717, 1.165) is 0 Å². The molecule has 4 heteroatoms. The first-order valence-electron chi connectivity index (χ1n) is 5.36. The minimum absolute atomic E-state index is 0.0196. The summed E-state index contributed by atoms with van der Waals surface area (Å²) in [4.78, 5) is 23.1. The molecule has 0 saturated carbocycles. The second-order valence-electron chi connectivity index (χ2n) is 3.84. The van der Waals surface area contributed by atoms with Crippen LogP contribution in [0.1, 0.15) is 42.1 Å². The van der Waals surface area contributed by atoms with Gasteiger partial charge in [0.2, 0.25) is 0 Å². The van der Waals surface area contributed by atoms with Gasteiger partial charge in [-0.2, -0.15) is 0 Å². The molecule has 1 atom stereocenters. The van der Waals surface area contributed by atoms with E-state index in [1.54, 1.807) is 33.8 Å². The predicted octanol–water partition coefficient (Wildman–Crippen LogP) is 1.99. The molecule has 0 aliphatic rings. The van der Waals surface area contributed by atoms with Crippen molar-refractivity contribution in [2.75, 3.05) is 0 Å². The smallest absolute Gasteiger partial charge is 0.255 e. The molecule has 0 radical (unpaired) electrons. The lowest BCUT2D eigenvalue weighted by molar-refractivity contribution is -0.120. The molecule has 0 fully saturated rings. The maximum atomic E-state index is 11.8. The van der Waals surface area contributed by atoms with Crippen LogP contribution in [0.25, 0.3) is 0 Å². The molecule has 0 aliphatic carbocycles. The van der Waals surface area contributed by atoms with Crippen LogP contribution in [0.3, 0.4) is 0 Å². The van der Waals surface area contributed by atoms with Gasteiger partial charge >= 0.3 is 0 Å². The van der Waals surface area contributed by atoms with Gasteiger partial charge in [0.1, 0.15) is 11.5 Å². The average Bonchev–Trinajstić information content (AvgIpc) is 2.56. The number of amides is 1. The maximum absolute atomic E-state index is 11.8. The number of hydrogen-bond donors (Lipinski definition) is 1. The number of hydrogen-bond acceptors (Lipinski definition) is 3. The van der Waals surface area contributed by atoms with Crippen molar-refractivity contribution in [2.45, 2.75) is 40.2 Å². The Labute approximate surface area is 95.0 Å². The number of Topliss-reactive ketones (excluding diaryl/α,β-unsaturated/α-hetero) is 1. The van der Waals surface area contributed by atoms with E-state index in [0.29, 0.717) is 23.5 Å². The van der Waals surface area contributed by atoms with Crippen LogP contribution in [-0.2, 0) is 4.79 Å². The van der Waals surface area contributed by atoms with E-state index in [2.05, 4.69) is 5.32 Å². The van der Waals surface area contributed by atoms with Gasteiger partial charge in [0.05, 0.1) is 11.6 Å². The number of carbonyl (C=O) groups excluding carboxylic acids is 2. The third kappa shape index (κ3) is 2.72. The molecule has 1 amide bonds. The Balaban J connectivity index is 2.73. The van der Waals surface area contributed by atoms with Crippen LogP contribution >= 0.6 is 0 Å².